The molecule has 106 valence electrons. The second kappa shape index (κ2) is 7.49. The Labute approximate surface area is 110 Å². The van der Waals surface area contributed by atoms with Crippen molar-refractivity contribution in [1.29, 1.82) is 0 Å². The van der Waals surface area contributed by atoms with E-state index in [0.717, 1.165) is 0 Å². The van der Waals surface area contributed by atoms with E-state index in [9.17, 15) is 9.70 Å². The molecule has 0 aliphatic carbocycles. The SMILES string of the molecule is NCC(CC[C@H](N)C(=O)O)c1occc1NCN=O. The minimum atomic E-state index is -1.04. The van der Waals surface area contributed by atoms with Crippen molar-refractivity contribution >= 4 is 11.7 Å². The molecule has 0 amide bonds. The monoisotopic (exact) mass is 270 g/mol. The largest absolute Gasteiger partial charge is 0.480 e. The predicted molar refractivity (Wildman–Crippen MR) is 69.6 cm³/mol. The van der Waals surface area contributed by atoms with Crippen molar-refractivity contribution in [3.63, 3.8) is 0 Å². The molecule has 1 heterocycles. The van der Waals surface area contributed by atoms with Crippen molar-refractivity contribution in [1.82, 2.24) is 0 Å². The molecule has 0 radical (unpaired) electrons. The van der Waals surface area contributed by atoms with Gasteiger partial charge in [-0.15, -0.1) is 4.91 Å². The molecule has 0 saturated heterocycles. The van der Waals surface area contributed by atoms with Crippen molar-refractivity contribution in [2.24, 2.45) is 16.6 Å². The maximum absolute atomic E-state index is 10.7. The Morgan fingerprint density at radius 2 is 2.26 bits per heavy atom. The molecule has 2 atom stereocenters. The zero-order valence-electron chi connectivity index (χ0n) is 10.4. The molecule has 1 aromatic rings. The second-order valence-corrected chi connectivity index (χ2v) is 4.12. The van der Waals surface area contributed by atoms with Gasteiger partial charge in [0, 0.05) is 12.5 Å². The highest BCUT2D eigenvalue weighted by atomic mass is 16.4. The molecule has 8 heteroatoms. The highest BCUT2D eigenvalue weighted by Gasteiger charge is 2.20. The van der Waals surface area contributed by atoms with Gasteiger partial charge in [0.15, 0.2) is 6.67 Å². The summed E-state index contributed by atoms with van der Waals surface area (Å²) in [7, 11) is 0. The number of nitrogens with two attached hydrogens (primary N) is 2. The van der Waals surface area contributed by atoms with Crippen molar-refractivity contribution in [2.75, 3.05) is 18.5 Å². The number of aliphatic carboxylic acids is 1. The summed E-state index contributed by atoms with van der Waals surface area (Å²) in [5.74, 6) is -0.614. The lowest BCUT2D eigenvalue weighted by molar-refractivity contribution is -0.138. The van der Waals surface area contributed by atoms with Gasteiger partial charge in [-0.2, -0.15) is 0 Å². The second-order valence-electron chi connectivity index (χ2n) is 4.12. The van der Waals surface area contributed by atoms with E-state index in [1.54, 1.807) is 6.07 Å². The first-order valence-corrected chi connectivity index (χ1v) is 5.89. The van der Waals surface area contributed by atoms with Crippen molar-refractivity contribution in [2.45, 2.75) is 24.8 Å². The Morgan fingerprint density at radius 1 is 1.53 bits per heavy atom. The van der Waals surface area contributed by atoms with Crippen LogP contribution >= 0.6 is 0 Å². The summed E-state index contributed by atoms with van der Waals surface area (Å²) in [6.45, 7) is 0.224. The normalized spacial score (nSPS) is 13.8. The lowest BCUT2D eigenvalue weighted by atomic mass is 9.97. The summed E-state index contributed by atoms with van der Waals surface area (Å²) in [5.41, 5.74) is 11.7. The van der Waals surface area contributed by atoms with Crippen LogP contribution in [0.1, 0.15) is 24.5 Å². The summed E-state index contributed by atoms with van der Waals surface area (Å²) in [6.07, 6.45) is 2.26. The van der Waals surface area contributed by atoms with Crippen molar-refractivity contribution in [3.8, 4) is 0 Å². The van der Waals surface area contributed by atoms with Gasteiger partial charge in [0.25, 0.3) is 0 Å². The van der Waals surface area contributed by atoms with Crippen LogP contribution in [0.25, 0.3) is 0 Å². The molecule has 0 aliphatic heterocycles. The fourth-order valence-electron chi connectivity index (χ4n) is 1.76. The predicted octanol–water partition coefficient (Wildman–Crippen LogP) is 0.650. The number of anilines is 1. The number of rotatable bonds is 9. The number of nitroso groups, excluding NO2 is 1. The molecule has 0 aliphatic rings. The fraction of sp³-hybridized carbons (Fsp3) is 0.545. The molecule has 0 fully saturated rings. The Balaban J connectivity index is 2.66. The molecular formula is C11H18N4O4. The van der Waals surface area contributed by atoms with Crippen LogP contribution in [-0.4, -0.2) is 30.3 Å². The van der Waals surface area contributed by atoms with Crippen LogP contribution in [-0.2, 0) is 4.79 Å². The van der Waals surface area contributed by atoms with Gasteiger partial charge in [0.05, 0.1) is 12.0 Å². The van der Waals surface area contributed by atoms with E-state index in [1.165, 1.54) is 6.26 Å². The average molecular weight is 270 g/mol. The summed E-state index contributed by atoms with van der Waals surface area (Å²) in [6, 6.07) is 0.748. The third-order valence-corrected chi connectivity index (χ3v) is 2.83. The number of nitrogens with one attached hydrogen (secondary N) is 1. The van der Waals surface area contributed by atoms with Crippen LogP contribution < -0.4 is 16.8 Å². The first kappa shape index (κ1) is 15.1. The summed E-state index contributed by atoms with van der Waals surface area (Å²) >= 11 is 0. The third kappa shape index (κ3) is 4.34. The van der Waals surface area contributed by atoms with Crippen molar-refractivity contribution < 1.29 is 14.3 Å². The van der Waals surface area contributed by atoms with E-state index in [-0.39, 0.29) is 12.6 Å². The summed E-state index contributed by atoms with van der Waals surface area (Å²) in [4.78, 5) is 20.7. The standard InChI is InChI=1S/C11H18N4O4/c12-5-7(1-2-8(13)11(16)17)10-9(3-4-19-10)14-6-15-18/h3-4,7-8,14H,1-2,5-6,12-13H2,(H,16,17)/t7?,8-/m0/s1. The molecule has 8 nitrogen and oxygen atoms in total. The first-order chi connectivity index (χ1) is 9.10. The van der Waals surface area contributed by atoms with Crippen LogP contribution in [0, 0.1) is 4.91 Å². The molecule has 0 saturated carbocycles. The Hall–Kier alpha value is -1.93. The van der Waals surface area contributed by atoms with Crippen LogP contribution in [0.3, 0.4) is 0 Å². The Kier molecular flexibility index (Phi) is 5.97. The van der Waals surface area contributed by atoms with E-state index < -0.39 is 12.0 Å². The smallest absolute Gasteiger partial charge is 0.320 e. The molecule has 19 heavy (non-hydrogen) atoms. The Morgan fingerprint density at radius 3 is 2.84 bits per heavy atom. The van der Waals surface area contributed by atoms with E-state index in [4.69, 9.17) is 21.0 Å². The lowest BCUT2D eigenvalue weighted by Gasteiger charge is -2.15. The van der Waals surface area contributed by atoms with E-state index in [1.807, 2.05) is 0 Å². The first-order valence-electron chi connectivity index (χ1n) is 5.89. The molecule has 6 N–H and O–H groups in total. The third-order valence-electron chi connectivity index (χ3n) is 2.83. The van der Waals surface area contributed by atoms with Gasteiger partial charge in [-0.25, -0.2) is 0 Å². The molecule has 1 unspecified atom stereocenters. The quantitative estimate of drug-likeness (QED) is 0.482. The van der Waals surface area contributed by atoms with Gasteiger partial charge < -0.3 is 26.3 Å². The topological polar surface area (TPSA) is 144 Å². The number of carboxylic acids is 1. The van der Waals surface area contributed by atoms with Crippen LogP contribution in [0.4, 0.5) is 5.69 Å². The molecule has 0 aromatic carbocycles. The molecular weight excluding hydrogens is 252 g/mol. The molecule has 0 spiro atoms. The van der Waals surface area contributed by atoms with Gasteiger partial charge in [-0.05, 0) is 24.1 Å². The zero-order valence-corrected chi connectivity index (χ0v) is 10.4. The minimum absolute atomic E-state index is 0.0710. The van der Waals surface area contributed by atoms with Crippen LogP contribution in [0.15, 0.2) is 21.9 Å². The maximum Gasteiger partial charge on any atom is 0.320 e. The van der Waals surface area contributed by atoms with Crippen molar-refractivity contribution in [3.05, 3.63) is 23.0 Å². The minimum Gasteiger partial charge on any atom is -0.480 e. The van der Waals surface area contributed by atoms with Gasteiger partial charge in [0.1, 0.15) is 11.8 Å². The highest BCUT2D eigenvalue weighted by molar-refractivity contribution is 5.72. The number of carbonyl (C=O) groups is 1. The molecule has 1 rings (SSSR count). The number of nitrogens with zero attached hydrogens (tertiary/aromatic N) is 1. The average Bonchev–Trinajstić information content (AvgIpc) is 2.85. The van der Waals surface area contributed by atoms with Gasteiger partial charge in [-0.1, -0.05) is 0 Å². The molecule has 1 aromatic heterocycles. The molecule has 0 bridgehead atoms. The number of hydrogen-bond acceptors (Lipinski definition) is 7. The fourth-order valence-corrected chi connectivity index (χ4v) is 1.76. The zero-order chi connectivity index (χ0) is 14.3. The highest BCUT2D eigenvalue weighted by Crippen LogP contribution is 2.29. The van der Waals surface area contributed by atoms with Crippen LogP contribution in [0.5, 0.6) is 0 Å². The van der Waals surface area contributed by atoms with Crippen LogP contribution in [0.2, 0.25) is 0 Å². The number of furan rings is 1. The number of hydrogen-bond donors (Lipinski definition) is 4. The number of carboxylic acid groups (broad SMARTS) is 1. The van der Waals surface area contributed by atoms with Gasteiger partial charge in [-0.3, -0.25) is 4.79 Å². The van der Waals surface area contributed by atoms with E-state index in [0.29, 0.717) is 30.8 Å². The lowest BCUT2D eigenvalue weighted by Crippen LogP contribution is -2.31. The Bertz CT molecular complexity index is 421. The summed E-state index contributed by atoms with van der Waals surface area (Å²) in [5, 5.41) is 14.2. The maximum atomic E-state index is 10.7. The van der Waals surface area contributed by atoms with Gasteiger partial charge in [0.2, 0.25) is 0 Å². The van der Waals surface area contributed by atoms with E-state index >= 15 is 0 Å². The van der Waals surface area contributed by atoms with E-state index in [2.05, 4.69) is 10.5 Å². The summed E-state index contributed by atoms with van der Waals surface area (Å²) < 4.78 is 5.33. The van der Waals surface area contributed by atoms with Gasteiger partial charge >= 0.3 is 5.97 Å².